The molecule has 2 N–H and O–H groups in total. The molecular weight excluding hydrogens is 340 g/mol. The number of benzene rings is 1. The Labute approximate surface area is 152 Å². The average Bonchev–Trinajstić information content (AvgIpc) is 3.13. The second-order valence-corrected chi connectivity index (χ2v) is 5.66. The van der Waals surface area contributed by atoms with Gasteiger partial charge in [0.2, 0.25) is 0 Å². The molecule has 2 rings (SSSR count). The minimum Gasteiger partial charge on any atom is -0.467 e. The van der Waals surface area contributed by atoms with Crippen molar-refractivity contribution in [2.75, 3.05) is 26.2 Å². The van der Waals surface area contributed by atoms with Crippen LogP contribution in [0.25, 0.3) is 0 Å². The zero-order valence-electron chi connectivity index (χ0n) is 14.9. The van der Waals surface area contributed by atoms with Crippen LogP contribution in [0, 0.1) is 11.6 Å². The summed E-state index contributed by atoms with van der Waals surface area (Å²) in [6.07, 6.45) is 2.85. The average molecular weight is 365 g/mol. The Bertz CT molecular complexity index is 675. The van der Waals surface area contributed by atoms with Crippen LogP contribution in [0.2, 0.25) is 0 Å². The van der Waals surface area contributed by atoms with E-state index in [1.165, 1.54) is 12.1 Å². The largest absolute Gasteiger partial charge is 0.467 e. The Hall–Kier alpha value is -2.41. The summed E-state index contributed by atoms with van der Waals surface area (Å²) in [5.41, 5.74) is 0.473. The maximum absolute atomic E-state index is 13.6. The van der Waals surface area contributed by atoms with Gasteiger partial charge in [-0.05, 0) is 43.5 Å². The first kappa shape index (κ1) is 19.9. The Morgan fingerprint density at radius 3 is 2.85 bits per heavy atom. The maximum atomic E-state index is 13.6. The van der Waals surface area contributed by atoms with Crippen molar-refractivity contribution in [3.8, 4) is 0 Å². The molecule has 1 aromatic carbocycles. The van der Waals surface area contributed by atoms with E-state index in [9.17, 15) is 8.78 Å². The molecule has 5 nitrogen and oxygen atoms in total. The van der Waals surface area contributed by atoms with Crippen LogP contribution in [0.4, 0.5) is 8.78 Å². The van der Waals surface area contributed by atoms with Gasteiger partial charge in [-0.1, -0.05) is 6.07 Å². The quantitative estimate of drug-likeness (QED) is 0.385. The fourth-order valence-corrected chi connectivity index (χ4v) is 2.31. The molecule has 26 heavy (non-hydrogen) atoms. The van der Waals surface area contributed by atoms with Gasteiger partial charge < -0.3 is 19.8 Å². The minimum atomic E-state index is -0.566. The van der Waals surface area contributed by atoms with Gasteiger partial charge >= 0.3 is 0 Å². The third kappa shape index (κ3) is 7.23. The van der Waals surface area contributed by atoms with Crippen molar-refractivity contribution in [1.29, 1.82) is 0 Å². The van der Waals surface area contributed by atoms with Crippen LogP contribution in [0.1, 0.15) is 24.7 Å². The third-order valence-corrected chi connectivity index (χ3v) is 3.59. The number of nitrogens with zero attached hydrogens (tertiary/aromatic N) is 1. The van der Waals surface area contributed by atoms with Crippen molar-refractivity contribution in [3.05, 3.63) is 59.6 Å². The monoisotopic (exact) mass is 365 g/mol. The zero-order valence-corrected chi connectivity index (χ0v) is 14.9. The molecule has 142 valence electrons. The van der Waals surface area contributed by atoms with Gasteiger partial charge in [0.15, 0.2) is 5.96 Å². The van der Waals surface area contributed by atoms with Gasteiger partial charge in [-0.15, -0.1) is 0 Å². The van der Waals surface area contributed by atoms with E-state index in [1.54, 1.807) is 6.26 Å². The molecule has 0 saturated heterocycles. The number of guanidine groups is 1. The molecule has 0 amide bonds. The first-order valence-corrected chi connectivity index (χ1v) is 8.75. The van der Waals surface area contributed by atoms with Gasteiger partial charge in [0.25, 0.3) is 0 Å². The van der Waals surface area contributed by atoms with Gasteiger partial charge in [0.1, 0.15) is 24.0 Å². The highest BCUT2D eigenvalue weighted by molar-refractivity contribution is 5.79. The SMILES string of the molecule is CCNC(=NCCCOCc1ccco1)NCCc1ccc(F)cc1F. The summed E-state index contributed by atoms with van der Waals surface area (Å²) in [5, 5.41) is 6.28. The smallest absolute Gasteiger partial charge is 0.191 e. The number of aliphatic imine (C=N–C) groups is 1. The van der Waals surface area contributed by atoms with Gasteiger partial charge in [-0.25, -0.2) is 8.78 Å². The minimum absolute atomic E-state index is 0.447. The summed E-state index contributed by atoms with van der Waals surface area (Å²) in [7, 11) is 0. The van der Waals surface area contributed by atoms with Crippen molar-refractivity contribution in [1.82, 2.24) is 10.6 Å². The topological polar surface area (TPSA) is 58.8 Å². The Morgan fingerprint density at radius 2 is 2.12 bits per heavy atom. The fourth-order valence-electron chi connectivity index (χ4n) is 2.31. The van der Waals surface area contributed by atoms with Gasteiger partial charge in [-0.3, -0.25) is 4.99 Å². The van der Waals surface area contributed by atoms with E-state index in [2.05, 4.69) is 15.6 Å². The standard InChI is InChI=1S/C19H25F2N3O2/c1-2-22-19(23-9-4-11-25-14-17-5-3-12-26-17)24-10-8-15-6-7-16(20)13-18(15)21/h3,5-7,12-13H,2,4,8-11,14H2,1H3,(H2,22,23,24). The number of halogens is 2. The van der Waals surface area contributed by atoms with E-state index in [-0.39, 0.29) is 0 Å². The van der Waals surface area contributed by atoms with E-state index in [1.807, 2.05) is 19.1 Å². The Balaban J connectivity index is 1.66. The molecule has 0 spiro atoms. The summed E-state index contributed by atoms with van der Waals surface area (Å²) >= 11 is 0. The lowest BCUT2D eigenvalue weighted by Crippen LogP contribution is -2.38. The number of ether oxygens (including phenoxy) is 1. The second kappa shape index (κ2) is 11.3. The second-order valence-electron chi connectivity index (χ2n) is 5.66. The van der Waals surface area contributed by atoms with Gasteiger partial charge in [-0.2, -0.15) is 0 Å². The molecule has 1 aromatic heterocycles. The summed E-state index contributed by atoms with van der Waals surface area (Å²) in [6, 6.07) is 7.33. The summed E-state index contributed by atoms with van der Waals surface area (Å²) in [5.74, 6) is 0.378. The molecule has 7 heteroatoms. The van der Waals surface area contributed by atoms with Crippen molar-refractivity contribution in [2.24, 2.45) is 4.99 Å². The first-order valence-electron chi connectivity index (χ1n) is 8.75. The first-order chi connectivity index (χ1) is 12.7. The molecule has 0 unspecified atom stereocenters. The lowest BCUT2D eigenvalue weighted by atomic mass is 10.1. The molecule has 1 heterocycles. The van der Waals surface area contributed by atoms with Gasteiger partial charge in [0.05, 0.1) is 6.26 Å². The molecule has 0 bridgehead atoms. The van der Waals surface area contributed by atoms with E-state index in [0.717, 1.165) is 24.8 Å². The highest BCUT2D eigenvalue weighted by Crippen LogP contribution is 2.09. The van der Waals surface area contributed by atoms with E-state index >= 15 is 0 Å². The molecule has 0 radical (unpaired) electrons. The normalized spacial score (nSPS) is 11.6. The van der Waals surface area contributed by atoms with Crippen LogP contribution in [0.5, 0.6) is 0 Å². The van der Waals surface area contributed by atoms with Crippen LogP contribution in [0.15, 0.2) is 46.0 Å². The van der Waals surface area contributed by atoms with Crippen LogP contribution in [-0.4, -0.2) is 32.2 Å². The van der Waals surface area contributed by atoms with Crippen LogP contribution in [0.3, 0.4) is 0 Å². The number of hydrogen-bond acceptors (Lipinski definition) is 3. The number of rotatable bonds is 10. The third-order valence-electron chi connectivity index (χ3n) is 3.59. The highest BCUT2D eigenvalue weighted by atomic mass is 19.1. The lowest BCUT2D eigenvalue weighted by Gasteiger charge is -2.11. The summed E-state index contributed by atoms with van der Waals surface area (Å²) in [4.78, 5) is 4.45. The molecule has 0 saturated carbocycles. The zero-order chi connectivity index (χ0) is 18.6. The Morgan fingerprint density at radius 1 is 1.23 bits per heavy atom. The molecule has 0 aliphatic rings. The highest BCUT2D eigenvalue weighted by Gasteiger charge is 2.04. The number of hydrogen-bond donors (Lipinski definition) is 2. The maximum Gasteiger partial charge on any atom is 0.191 e. The molecule has 0 atom stereocenters. The predicted molar refractivity (Wildman–Crippen MR) is 97.0 cm³/mol. The summed E-state index contributed by atoms with van der Waals surface area (Å²) in [6.45, 7) is 4.86. The fraction of sp³-hybridized carbons (Fsp3) is 0.421. The van der Waals surface area contributed by atoms with E-state index < -0.39 is 11.6 Å². The van der Waals surface area contributed by atoms with E-state index in [0.29, 0.717) is 44.2 Å². The summed E-state index contributed by atoms with van der Waals surface area (Å²) < 4.78 is 37.2. The van der Waals surface area contributed by atoms with E-state index in [4.69, 9.17) is 9.15 Å². The molecule has 0 fully saturated rings. The number of furan rings is 1. The van der Waals surface area contributed by atoms with Crippen molar-refractivity contribution in [3.63, 3.8) is 0 Å². The predicted octanol–water partition coefficient (Wildman–Crippen LogP) is 3.26. The van der Waals surface area contributed by atoms with Crippen LogP contribution >= 0.6 is 0 Å². The Kier molecular flexibility index (Phi) is 8.62. The van der Waals surface area contributed by atoms with Crippen molar-refractivity contribution < 1.29 is 17.9 Å². The van der Waals surface area contributed by atoms with Crippen LogP contribution < -0.4 is 10.6 Å². The number of nitrogens with one attached hydrogen (secondary N) is 2. The molecule has 2 aromatic rings. The molecule has 0 aliphatic carbocycles. The molecular formula is C19H25F2N3O2. The lowest BCUT2D eigenvalue weighted by molar-refractivity contribution is 0.105. The molecule has 0 aliphatic heterocycles. The van der Waals surface area contributed by atoms with Crippen molar-refractivity contribution in [2.45, 2.75) is 26.4 Å². The van der Waals surface area contributed by atoms with Crippen molar-refractivity contribution >= 4 is 5.96 Å². The van der Waals surface area contributed by atoms with Crippen LogP contribution in [-0.2, 0) is 17.8 Å². The van der Waals surface area contributed by atoms with Gasteiger partial charge in [0, 0.05) is 32.3 Å².